The van der Waals surface area contributed by atoms with E-state index in [4.69, 9.17) is 5.11 Å². The maximum Gasteiger partial charge on any atom is 0.237 e. The minimum atomic E-state index is 0.0108. The van der Waals surface area contributed by atoms with Crippen molar-refractivity contribution in [2.24, 2.45) is 5.92 Å². The average molecular weight is 214 g/mol. The van der Waals surface area contributed by atoms with E-state index in [9.17, 15) is 4.79 Å². The Hall–Kier alpha value is -0.610. The van der Waals surface area contributed by atoms with Crippen LogP contribution in [0, 0.1) is 5.92 Å². The lowest BCUT2D eigenvalue weighted by Crippen LogP contribution is -2.42. The van der Waals surface area contributed by atoms with Crippen LogP contribution in [0.5, 0.6) is 0 Å². The monoisotopic (exact) mass is 214 g/mol. The van der Waals surface area contributed by atoms with Crippen LogP contribution in [0.1, 0.15) is 32.6 Å². The number of amides is 1. The molecule has 0 bridgehead atoms. The predicted octanol–water partition coefficient (Wildman–Crippen LogP) is 0.263. The number of rotatable bonds is 6. The van der Waals surface area contributed by atoms with Crippen molar-refractivity contribution in [2.45, 2.75) is 38.6 Å². The van der Waals surface area contributed by atoms with Gasteiger partial charge in [-0.05, 0) is 31.7 Å². The summed E-state index contributed by atoms with van der Waals surface area (Å²) in [6, 6.07) is 0.0108. The lowest BCUT2D eigenvalue weighted by Gasteiger charge is -2.16. The maximum absolute atomic E-state index is 11.6. The number of carbonyl (C=O) groups is 1. The molecule has 4 heteroatoms. The van der Waals surface area contributed by atoms with Crippen molar-refractivity contribution in [3.8, 4) is 0 Å². The van der Waals surface area contributed by atoms with Crippen molar-refractivity contribution in [1.29, 1.82) is 0 Å². The lowest BCUT2D eigenvalue weighted by molar-refractivity contribution is -0.123. The second kappa shape index (κ2) is 6.80. The molecular formula is C11H22N2O2. The van der Waals surface area contributed by atoms with Gasteiger partial charge >= 0.3 is 0 Å². The summed E-state index contributed by atoms with van der Waals surface area (Å²) in [7, 11) is 0. The summed E-state index contributed by atoms with van der Waals surface area (Å²) in [6.45, 7) is 3.93. The van der Waals surface area contributed by atoms with Gasteiger partial charge in [0.05, 0.1) is 6.04 Å². The molecule has 0 radical (unpaired) electrons. The molecule has 0 aliphatic carbocycles. The summed E-state index contributed by atoms with van der Waals surface area (Å²) in [5.41, 5.74) is 0. The lowest BCUT2D eigenvalue weighted by atomic mass is 10.0. The highest BCUT2D eigenvalue weighted by atomic mass is 16.3. The molecule has 88 valence electrons. The summed E-state index contributed by atoms with van der Waals surface area (Å²) >= 11 is 0. The van der Waals surface area contributed by atoms with E-state index in [0.29, 0.717) is 12.5 Å². The topological polar surface area (TPSA) is 61.4 Å². The fourth-order valence-corrected chi connectivity index (χ4v) is 1.91. The van der Waals surface area contributed by atoms with E-state index < -0.39 is 0 Å². The minimum absolute atomic E-state index is 0.0108. The molecule has 1 fully saturated rings. The number of carbonyl (C=O) groups excluding carboxylic acids is 1. The molecule has 1 aliphatic heterocycles. The largest absolute Gasteiger partial charge is 0.396 e. The Morgan fingerprint density at radius 2 is 2.47 bits per heavy atom. The van der Waals surface area contributed by atoms with Crippen LogP contribution in [0.25, 0.3) is 0 Å². The van der Waals surface area contributed by atoms with Gasteiger partial charge in [-0.1, -0.05) is 13.3 Å². The average Bonchev–Trinajstić information content (AvgIpc) is 2.77. The summed E-state index contributed by atoms with van der Waals surface area (Å²) in [5, 5.41) is 14.9. The molecular weight excluding hydrogens is 192 g/mol. The first-order chi connectivity index (χ1) is 7.27. The number of aliphatic hydroxyl groups excluding tert-OH is 1. The van der Waals surface area contributed by atoms with Crippen molar-refractivity contribution >= 4 is 5.91 Å². The van der Waals surface area contributed by atoms with E-state index in [1.165, 1.54) is 0 Å². The van der Waals surface area contributed by atoms with Crippen LogP contribution in [-0.4, -0.2) is 36.8 Å². The molecule has 15 heavy (non-hydrogen) atoms. The van der Waals surface area contributed by atoms with Crippen LogP contribution in [0.3, 0.4) is 0 Å². The van der Waals surface area contributed by atoms with Crippen molar-refractivity contribution in [3.05, 3.63) is 0 Å². The molecule has 0 spiro atoms. The Bertz CT molecular complexity index is 191. The number of nitrogens with one attached hydrogen (secondary N) is 2. The Labute approximate surface area is 91.4 Å². The van der Waals surface area contributed by atoms with Crippen molar-refractivity contribution in [2.75, 3.05) is 19.7 Å². The van der Waals surface area contributed by atoms with Crippen molar-refractivity contribution in [1.82, 2.24) is 10.6 Å². The number of hydrogen-bond acceptors (Lipinski definition) is 3. The zero-order valence-electron chi connectivity index (χ0n) is 9.46. The van der Waals surface area contributed by atoms with E-state index in [-0.39, 0.29) is 18.6 Å². The van der Waals surface area contributed by atoms with Gasteiger partial charge in [0, 0.05) is 13.2 Å². The van der Waals surface area contributed by atoms with Crippen LogP contribution in [0.15, 0.2) is 0 Å². The summed E-state index contributed by atoms with van der Waals surface area (Å²) in [4.78, 5) is 11.6. The molecule has 0 aromatic rings. The van der Waals surface area contributed by atoms with Gasteiger partial charge in [-0.2, -0.15) is 0 Å². The molecule has 1 amide bonds. The molecule has 2 unspecified atom stereocenters. The molecule has 0 aromatic carbocycles. The van der Waals surface area contributed by atoms with Gasteiger partial charge in [0.25, 0.3) is 0 Å². The van der Waals surface area contributed by atoms with E-state index in [1.807, 2.05) is 0 Å². The molecule has 3 N–H and O–H groups in total. The van der Waals surface area contributed by atoms with Crippen LogP contribution < -0.4 is 10.6 Å². The number of hydrogen-bond donors (Lipinski definition) is 3. The van der Waals surface area contributed by atoms with Gasteiger partial charge in [-0.15, -0.1) is 0 Å². The molecule has 1 aliphatic rings. The van der Waals surface area contributed by atoms with Gasteiger partial charge in [0.1, 0.15) is 0 Å². The van der Waals surface area contributed by atoms with E-state index in [1.54, 1.807) is 0 Å². The van der Waals surface area contributed by atoms with Gasteiger partial charge < -0.3 is 15.7 Å². The zero-order chi connectivity index (χ0) is 11.1. The predicted molar refractivity (Wildman–Crippen MR) is 59.5 cm³/mol. The van der Waals surface area contributed by atoms with E-state index >= 15 is 0 Å². The van der Waals surface area contributed by atoms with Crippen molar-refractivity contribution in [3.63, 3.8) is 0 Å². The summed E-state index contributed by atoms with van der Waals surface area (Å²) in [6.07, 6.45) is 3.81. The fourth-order valence-electron chi connectivity index (χ4n) is 1.91. The van der Waals surface area contributed by atoms with Gasteiger partial charge in [0.15, 0.2) is 0 Å². The summed E-state index contributed by atoms with van der Waals surface area (Å²) in [5.74, 6) is 0.518. The van der Waals surface area contributed by atoms with Crippen molar-refractivity contribution < 1.29 is 9.90 Å². The Morgan fingerprint density at radius 3 is 3.00 bits per heavy atom. The molecule has 2 atom stereocenters. The van der Waals surface area contributed by atoms with Crippen LogP contribution in [-0.2, 0) is 4.79 Å². The molecule has 0 saturated carbocycles. The van der Waals surface area contributed by atoms with Gasteiger partial charge in [-0.25, -0.2) is 0 Å². The first-order valence-corrected chi connectivity index (χ1v) is 5.89. The van der Waals surface area contributed by atoms with Crippen LogP contribution in [0.2, 0.25) is 0 Å². The first-order valence-electron chi connectivity index (χ1n) is 5.89. The Morgan fingerprint density at radius 1 is 1.67 bits per heavy atom. The SMILES string of the molecule is CCC(CCO)CNC(=O)C1CCCN1. The Kier molecular flexibility index (Phi) is 5.65. The quantitative estimate of drug-likeness (QED) is 0.594. The highest BCUT2D eigenvalue weighted by molar-refractivity contribution is 5.81. The minimum Gasteiger partial charge on any atom is -0.396 e. The third kappa shape index (κ3) is 4.18. The first kappa shape index (κ1) is 12.5. The molecule has 0 aromatic heterocycles. The van der Waals surface area contributed by atoms with Gasteiger partial charge in [0.2, 0.25) is 5.91 Å². The van der Waals surface area contributed by atoms with E-state index in [0.717, 1.165) is 32.2 Å². The third-order valence-electron chi connectivity index (χ3n) is 3.06. The third-order valence-corrected chi connectivity index (χ3v) is 3.06. The highest BCUT2D eigenvalue weighted by Crippen LogP contribution is 2.07. The zero-order valence-corrected chi connectivity index (χ0v) is 9.46. The molecule has 4 nitrogen and oxygen atoms in total. The molecule has 1 rings (SSSR count). The normalized spacial score (nSPS) is 22.7. The standard InChI is InChI=1S/C11H22N2O2/c1-2-9(5-7-14)8-13-11(15)10-4-3-6-12-10/h9-10,12,14H,2-8H2,1H3,(H,13,15). The summed E-state index contributed by atoms with van der Waals surface area (Å²) < 4.78 is 0. The smallest absolute Gasteiger partial charge is 0.237 e. The highest BCUT2D eigenvalue weighted by Gasteiger charge is 2.21. The second-order valence-electron chi connectivity index (χ2n) is 4.18. The molecule has 1 saturated heterocycles. The van der Waals surface area contributed by atoms with Crippen LogP contribution in [0.4, 0.5) is 0 Å². The number of aliphatic hydroxyl groups is 1. The molecule has 1 heterocycles. The van der Waals surface area contributed by atoms with E-state index in [2.05, 4.69) is 17.6 Å². The van der Waals surface area contributed by atoms with Crippen LogP contribution >= 0.6 is 0 Å². The Balaban J connectivity index is 2.19. The maximum atomic E-state index is 11.6. The second-order valence-corrected chi connectivity index (χ2v) is 4.18. The fraction of sp³-hybridized carbons (Fsp3) is 0.909. The van der Waals surface area contributed by atoms with Gasteiger partial charge in [-0.3, -0.25) is 4.79 Å².